The van der Waals surface area contributed by atoms with Gasteiger partial charge in [-0.05, 0) is 118 Å². The van der Waals surface area contributed by atoms with Gasteiger partial charge in [0.15, 0.2) is 0 Å². The van der Waals surface area contributed by atoms with Crippen molar-refractivity contribution in [2.75, 3.05) is 76.4 Å². The molecule has 0 N–H and O–H groups in total. The maximum absolute atomic E-state index is 13.8. The lowest BCUT2D eigenvalue weighted by Crippen LogP contribution is -2.45. The Labute approximate surface area is 431 Å². The molecule has 4 fully saturated rings. The van der Waals surface area contributed by atoms with Crippen molar-refractivity contribution in [2.24, 2.45) is 0 Å². The van der Waals surface area contributed by atoms with Crippen LogP contribution >= 0.6 is 22.7 Å². The second-order valence-electron chi connectivity index (χ2n) is 20.9. The highest BCUT2D eigenvalue weighted by Crippen LogP contribution is 2.51. The zero-order chi connectivity index (χ0) is 49.3. The quantitative estimate of drug-likeness (QED) is 0.132. The van der Waals surface area contributed by atoms with E-state index < -0.39 is 0 Å². The first-order valence-electron chi connectivity index (χ1n) is 27.0. The number of ether oxygens (including phenoxy) is 2. The van der Waals surface area contributed by atoms with Crippen LogP contribution in [0.5, 0.6) is 0 Å². The molecule has 2 amide bonds. The van der Waals surface area contributed by atoms with Crippen molar-refractivity contribution in [3.05, 3.63) is 81.5 Å². The Bertz CT molecular complexity index is 2960. The van der Waals surface area contributed by atoms with Crippen molar-refractivity contribution in [1.29, 1.82) is 0 Å². The molecule has 72 heavy (non-hydrogen) atoms. The minimum atomic E-state index is -0.348. The van der Waals surface area contributed by atoms with E-state index in [1.165, 1.54) is 148 Å². The van der Waals surface area contributed by atoms with Gasteiger partial charge in [-0.25, -0.2) is 9.59 Å². The Morgan fingerprint density at radius 2 is 1.07 bits per heavy atom. The third-order valence-electron chi connectivity index (χ3n) is 16.6. The topological polar surface area (TPSA) is 110 Å². The summed E-state index contributed by atoms with van der Waals surface area (Å²) in [6.07, 6.45) is 19.5. The van der Waals surface area contributed by atoms with Gasteiger partial charge < -0.3 is 38.2 Å². The molecular formula is C58H70N6O6S2. The number of aromatic nitrogens is 2. The number of hydrogen-bond acceptors (Lipinski definition) is 10. The van der Waals surface area contributed by atoms with Gasteiger partial charge in [0, 0.05) is 56.1 Å². The summed E-state index contributed by atoms with van der Waals surface area (Å²) >= 11 is 3.12. The summed E-state index contributed by atoms with van der Waals surface area (Å²) in [5, 5.41) is 0. The van der Waals surface area contributed by atoms with Gasteiger partial charge in [-0.3, -0.25) is 9.59 Å². The number of anilines is 2. The molecule has 4 aromatic heterocycles. The van der Waals surface area contributed by atoms with Crippen molar-refractivity contribution in [1.82, 2.24) is 18.9 Å². The Morgan fingerprint density at radius 3 is 1.65 bits per heavy atom. The zero-order valence-electron chi connectivity index (χ0n) is 42.3. The number of piperidine rings is 2. The van der Waals surface area contributed by atoms with Gasteiger partial charge in [0.2, 0.25) is 11.8 Å². The van der Waals surface area contributed by atoms with Crippen LogP contribution in [-0.4, -0.2) is 109 Å². The van der Waals surface area contributed by atoms with E-state index in [2.05, 4.69) is 55.3 Å². The van der Waals surface area contributed by atoms with Crippen LogP contribution in [0.25, 0.3) is 42.9 Å². The lowest BCUT2D eigenvalue weighted by molar-refractivity contribution is -0.132. The number of amides is 2. The number of carbonyl (C=O) groups excluding carboxylic acids is 4. The van der Waals surface area contributed by atoms with E-state index in [0.717, 1.165) is 103 Å². The van der Waals surface area contributed by atoms with Gasteiger partial charge in [0.25, 0.3) is 0 Å². The largest absolute Gasteiger partial charge is 0.465 e. The van der Waals surface area contributed by atoms with Crippen molar-refractivity contribution < 1.29 is 28.7 Å². The number of methoxy groups -OCH3 is 2. The van der Waals surface area contributed by atoms with Gasteiger partial charge >= 0.3 is 11.9 Å². The normalized spacial score (nSPS) is 18.9. The molecule has 8 heterocycles. The fourth-order valence-corrected chi connectivity index (χ4v) is 15.4. The van der Waals surface area contributed by atoms with Gasteiger partial charge in [0.1, 0.15) is 22.8 Å². The van der Waals surface area contributed by atoms with E-state index in [4.69, 9.17) is 9.47 Å². The van der Waals surface area contributed by atoms with Crippen molar-refractivity contribution in [3.8, 4) is 22.5 Å². The summed E-state index contributed by atoms with van der Waals surface area (Å²) < 4.78 is 17.1. The highest BCUT2D eigenvalue weighted by atomic mass is 32.1. The number of fused-ring (bicyclic) bond motifs is 10. The second kappa shape index (κ2) is 21.6. The van der Waals surface area contributed by atoms with Gasteiger partial charge in [-0.15, -0.1) is 22.7 Å². The summed E-state index contributed by atoms with van der Waals surface area (Å²) in [6.45, 7) is 8.36. The molecular weight excluding hydrogens is 941 g/mol. The summed E-state index contributed by atoms with van der Waals surface area (Å²) in [6, 6.07) is 21.0. The van der Waals surface area contributed by atoms with Crippen molar-refractivity contribution in [3.63, 3.8) is 0 Å². The minimum Gasteiger partial charge on any atom is -0.465 e. The fraction of sp³-hybridized carbons (Fsp3) is 0.517. The van der Waals surface area contributed by atoms with E-state index >= 15 is 0 Å². The third-order valence-corrected chi connectivity index (χ3v) is 18.9. The minimum absolute atomic E-state index is 0.00981. The number of carbonyl (C=O) groups is 4. The van der Waals surface area contributed by atoms with E-state index in [-0.39, 0.29) is 36.8 Å². The number of esters is 2. The molecule has 380 valence electrons. The standard InChI is InChI=1S/C29H33N3O4S.C29H37N3O2S/c1-36-29(35)23-16-22-28(37-23)26(19-10-4-2-5-11-19)27-20-12-6-7-13-21(20)31(25(34)18-32(22)27)17-24(33)30-14-8-3-9-15-30;1-34-29(33)25-20-24-28(35-25)26(21-10-4-2-5-11-21)27-22-12-6-7-13-23(22)31(18-19-32(24)27)17-16-30-14-8-3-9-15-30/h6-7,12-13,16,19H,2-5,8-11,14-15,17-18H2,1H3;6-7,12-13,20-21H,2-5,8-11,14-19H2,1H3. The number of benzene rings is 2. The summed E-state index contributed by atoms with van der Waals surface area (Å²) in [5.41, 5.74) is 11.9. The van der Waals surface area contributed by atoms with E-state index in [9.17, 15) is 19.2 Å². The van der Waals surface area contributed by atoms with E-state index in [1.807, 2.05) is 29.2 Å². The molecule has 2 aromatic carbocycles. The lowest BCUT2D eigenvalue weighted by Gasteiger charge is -2.31. The molecule has 6 aliphatic rings. The monoisotopic (exact) mass is 1010 g/mol. The van der Waals surface area contributed by atoms with Crippen LogP contribution in [0.2, 0.25) is 0 Å². The first-order valence-corrected chi connectivity index (χ1v) is 28.7. The Kier molecular flexibility index (Phi) is 14.6. The third kappa shape index (κ3) is 9.40. The molecule has 12 nitrogen and oxygen atoms in total. The summed E-state index contributed by atoms with van der Waals surface area (Å²) in [5.74, 6) is 0.289. The molecule has 0 atom stereocenters. The smallest absolute Gasteiger partial charge is 0.348 e. The summed E-state index contributed by atoms with van der Waals surface area (Å²) in [7, 11) is 2.89. The number of hydrogen-bond donors (Lipinski definition) is 0. The highest BCUT2D eigenvalue weighted by Gasteiger charge is 2.37. The zero-order valence-corrected chi connectivity index (χ0v) is 43.9. The van der Waals surface area contributed by atoms with Gasteiger partial charge in [-0.2, -0.15) is 0 Å². The molecule has 2 aliphatic carbocycles. The van der Waals surface area contributed by atoms with Crippen molar-refractivity contribution in [2.45, 2.75) is 128 Å². The average molecular weight is 1010 g/mol. The van der Waals surface area contributed by atoms with Crippen LogP contribution < -0.4 is 9.80 Å². The molecule has 12 rings (SSSR count). The molecule has 0 spiro atoms. The van der Waals surface area contributed by atoms with Crippen molar-refractivity contribution >= 4 is 78.2 Å². The molecule has 6 aromatic rings. The van der Waals surface area contributed by atoms with E-state index in [0.29, 0.717) is 16.7 Å². The Hall–Kier alpha value is -5.44. The predicted octanol–water partition coefficient (Wildman–Crippen LogP) is 12.1. The molecule has 2 saturated heterocycles. The molecule has 0 radical (unpaired) electrons. The molecule has 2 saturated carbocycles. The van der Waals surface area contributed by atoms with E-state index in [1.54, 1.807) is 16.2 Å². The Morgan fingerprint density at radius 1 is 0.569 bits per heavy atom. The molecule has 14 heteroatoms. The van der Waals surface area contributed by atoms with Crippen LogP contribution in [0.4, 0.5) is 11.4 Å². The average Bonchev–Trinajstić information content (AvgIpc) is 4.17. The molecule has 0 unspecified atom stereocenters. The maximum atomic E-state index is 13.8. The van der Waals surface area contributed by atoms with Crippen LogP contribution in [0.15, 0.2) is 60.7 Å². The first-order chi connectivity index (χ1) is 35.3. The lowest BCUT2D eigenvalue weighted by atomic mass is 9.83. The number of likely N-dealkylation sites (tertiary alicyclic amines) is 2. The van der Waals surface area contributed by atoms with Crippen LogP contribution in [-0.2, 0) is 32.2 Å². The highest BCUT2D eigenvalue weighted by molar-refractivity contribution is 7.21. The van der Waals surface area contributed by atoms with Crippen LogP contribution in [0.3, 0.4) is 0 Å². The number of para-hydroxylation sites is 2. The second-order valence-corrected chi connectivity index (χ2v) is 23.0. The van der Waals surface area contributed by atoms with Gasteiger partial charge in [0.05, 0.1) is 51.7 Å². The number of thiophene rings is 2. The summed E-state index contributed by atoms with van der Waals surface area (Å²) in [4.78, 5) is 62.1. The fourth-order valence-electron chi connectivity index (χ4n) is 13.0. The molecule has 4 aliphatic heterocycles. The van der Waals surface area contributed by atoms with Gasteiger partial charge in [-0.1, -0.05) is 81.3 Å². The number of nitrogens with zero attached hydrogens (tertiary/aromatic N) is 6. The van der Waals surface area contributed by atoms with Crippen LogP contribution in [0, 0.1) is 0 Å². The predicted molar refractivity (Wildman–Crippen MR) is 290 cm³/mol. The first kappa shape index (κ1) is 48.8. The molecule has 0 bridgehead atoms. The SMILES string of the molecule is COC(=O)c1cc2c(s1)c(C1CCCCC1)c1n2CC(=O)N(CC(=O)N2CCCCC2)c2ccccc2-1.COC(=O)c1cc2c(s1)c(C1CCCCC1)c1n2CCN(CCN2CCCCC2)c2ccccc2-1. The Balaban J connectivity index is 0.000000156. The van der Waals surface area contributed by atoms with Crippen LogP contribution in [0.1, 0.15) is 145 Å². The number of rotatable bonds is 9. The maximum Gasteiger partial charge on any atom is 0.348 e.